The molecule has 3 aromatic carbocycles. The van der Waals surface area contributed by atoms with Gasteiger partial charge in [-0.05, 0) is 34.4 Å². The van der Waals surface area contributed by atoms with Gasteiger partial charge in [-0.25, -0.2) is 0 Å². The van der Waals surface area contributed by atoms with E-state index >= 15 is 0 Å². The van der Waals surface area contributed by atoms with Crippen molar-refractivity contribution >= 4 is 37.4 Å². The van der Waals surface area contributed by atoms with Gasteiger partial charge in [0.25, 0.3) is 5.69 Å². The van der Waals surface area contributed by atoms with Crippen LogP contribution in [-0.2, 0) is 10.1 Å². The Morgan fingerprint density at radius 1 is 1.00 bits per heavy atom. The number of halogens is 3. The van der Waals surface area contributed by atoms with E-state index < -0.39 is 26.3 Å². The van der Waals surface area contributed by atoms with Crippen LogP contribution in [0.2, 0.25) is 0 Å². The summed E-state index contributed by atoms with van der Waals surface area (Å²) in [7, 11) is -5.79. The molecule has 0 amide bonds. The van der Waals surface area contributed by atoms with Gasteiger partial charge in [0.05, 0.1) is 10.3 Å². The van der Waals surface area contributed by atoms with Crippen molar-refractivity contribution in [2.45, 2.75) is 19.4 Å². The number of hydrogen-bond donors (Lipinski definition) is 0. The highest BCUT2D eigenvalue weighted by Gasteiger charge is 2.48. The zero-order valence-electron chi connectivity index (χ0n) is 14.1. The minimum absolute atomic E-state index is 0.167. The van der Waals surface area contributed by atoms with E-state index in [4.69, 9.17) is 0 Å². The number of benzene rings is 3. The van der Waals surface area contributed by atoms with E-state index in [9.17, 15) is 31.7 Å². The Labute approximate surface area is 152 Å². The lowest BCUT2D eigenvalue weighted by Gasteiger charge is -2.10. The molecule has 0 bridgehead atoms. The fourth-order valence-electron chi connectivity index (χ4n) is 2.45. The van der Waals surface area contributed by atoms with Crippen LogP contribution in [0.3, 0.4) is 0 Å². The van der Waals surface area contributed by atoms with Gasteiger partial charge < -0.3 is 4.18 Å². The highest BCUT2D eigenvalue weighted by molar-refractivity contribution is 7.88. The molecule has 0 aliphatic rings. The summed E-state index contributed by atoms with van der Waals surface area (Å²) in [6, 6.07) is 10.9. The van der Waals surface area contributed by atoms with Crippen LogP contribution in [-0.4, -0.2) is 18.8 Å². The van der Waals surface area contributed by atoms with Crippen molar-refractivity contribution in [3.8, 4) is 5.75 Å². The molecule has 0 heterocycles. The van der Waals surface area contributed by atoms with Crippen LogP contribution in [0.4, 0.5) is 18.9 Å². The molecule has 6 nitrogen and oxygen atoms in total. The fraction of sp³-hybridized carbons (Fsp3) is 0.176. The van der Waals surface area contributed by atoms with Gasteiger partial charge in [-0.15, -0.1) is 0 Å². The Morgan fingerprint density at radius 2 is 1.63 bits per heavy atom. The molecule has 0 spiro atoms. The molecule has 27 heavy (non-hydrogen) atoms. The molecule has 0 atom stereocenters. The molecule has 0 saturated carbocycles. The summed E-state index contributed by atoms with van der Waals surface area (Å²) in [5.74, 6) is -0.539. The molecule has 144 valence electrons. The Morgan fingerprint density at radius 3 is 2.22 bits per heavy atom. The third-order valence-electron chi connectivity index (χ3n) is 3.50. The number of nitro benzene ring substituents is 1. The first kappa shape index (κ1) is 20.4. The second-order valence-corrected chi connectivity index (χ2v) is 6.60. The lowest BCUT2D eigenvalue weighted by molar-refractivity contribution is -0.383. The third-order valence-corrected chi connectivity index (χ3v) is 4.47. The first-order valence-corrected chi connectivity index (χ1v) is 9.11. The third kappa shape index (κ3) is 3.95. The van der Waals surface area contributed by atoms with Gasteiger partial charge in [0, 0.05) is 6.07 Å². The topological polar surface area (TPSA) is 86.5 Å². The summed E-state index contributed by atoms with van der Waals surface area (Å²) in [6.07, 6.45) is 0. The second kappa shape index (κ2) is 7.39. The highest BCUT2D eigenvalue weighted by atomic mass is 32.2. The van der Waals surface area contributed by atoms with Crippen LogP contribution in [0.25, 0.3) is 21.5 Å². The molecule has 0 N–H and O–H groups in total. The molecule has 0 saturated heterocycles. The van der Waals surface area contributed by atoms with E-state index in [2.05, 4.69) is 4.18 Å². The van der Waals surface area contributed by atoms with Crippen LogP contribution in [0.15, 0.2) is 48.5 Å². The molecule has 0 aliphatic carbocycles. The van der Waals surface area contributed by atoms with Crippen molar-refractivity contribution in [3.63, 3.8) is 0 Å². The minimum atomic E-state index is -5.79. The summed E-state index contributed by atoms with van der Waals surface area (Å²) < 4.78 is 63.4. The van der Waals surface area contributed by atoms with Gasteiger partial charge in [-0.2, -0.15) is 21.6 Å². The van der Waals surface area contributed by atoms with E-state index in [1.807, 2.05) is 13.8 Å². The molecular weight excluding hydrogens is 387 g/mol. The molecule has 10 heteroatoms. The van der Waals surface area contributed by atoms with Gasteiger partial charge in [0.1, 0.15) is 5.75 Å². The molecule has 3 aromatic rings. The smallest absolute Gasteiger partial charge is 0.376 e. The first-order valence-electron chi connectivity index (χ1n) is 7.71. The van der Waals surface area contributed by atoms with E-state index in [-0.39, 0.29) is 5.69 Å². The van der Waals surface area contributed by atoms with E-state index in [0.29, 0.717) is 21.5 Å². The standard InChI is InChI=1S/C15H8F3NO5S.C2H6/c16-15(17,18)25(22,23)24-11-6-7-12-10(8-11)5-4-9-2-1-3-13(14(9)12)19(20)21;1-2/h1-8H;1-2H3. The molecule has 0 aliphatic heterocycles. The largest absolute Gasteiger partial charge is 0.534 e. The molecule has 3 rings (SSSR count). The number of non-ortho nitro benzene ring substituents is 1. The van der Waals surface area contributed by atoms with Crippen LogP contribution in [0.5, 0.6) is 5.75 Å². The number of rotatable bonds is 3. The summed E-state index contributed by atoms with van der Waals surface area (Å²) in [5.41, 5.74) is -5.72. The van der Waals surface area contributed by atoms with Crippen molar-refractivity contribution in [1.29, 1.82) is 0 Å². The lowest BCUT2D eigenvalue weighted by Crippen LogP contribution is -2.28. The van der Waals surface area contributed by atoms with Crippen molar-refractivity contribution in [3.05, 3.63) is 58.6 Å². The number of fused-ring (bicyclic) bond motifs is 3. The maximum Gasteiger partial charge on any atom is 0.534 e. The van der Waals surface area contributed by atoms with Crippen molar-refractivity contribution in [2.24, 2.45) is 0 Å². The maximum atomic E-state index is 12.4. The van der Waals surface area contributed by atoms with Crippen LogP contribution in [0, 0.1) is 10.1 Å². The average Bonchev–Trinajstić information content (AvgIpc) is 2.61. The highest BCUT2D eigenvalue weighted by Crippen LogP contribution is 2.35. The number of alkyl halides is 3. The summed E-state index contributed by atoms with van der Waals surface area (Å²) in [5, 5.41) is 12.8. The van der Waals surface area contributed by atoms with Gasteiger partial charge in [0.2, 0.25) is 0 Å². The monoisotopic (exact) mass is 401 g/mol. The average molecular weight is 401 g/mol. The zero-order valence-corrected chi connectivity index (χ0v) is 15.0. The quantitative estimate of drug-likeness (QED) is 0.199. The zero-order chi connectivity index (χ0) is 20.4. The van der Waals surface area contributed by atoms with Gasteiger partial charge in [-0.3, -0.25) is 10.1 Å². The van der Waals surface area contributed by atoms with Crippen molar-refractivity contribution in [1.82, 2.24) is 0 Å². The molecule has 0 unspecified atom stereocenters. The molecule has 0 aromatic heterocycles. The lowest BCUT2D eigenvalue weighted by atomic mass is 10.0. The molecular formula is C17H14F3NO5S. The number of nitro groups is 1. The Balaban J connectivity index is 0.00000126. The van der Waals surface area contributed by atoms with E-state index in [0.717, 1.165) is 12.1 Å². The predicted octanol–water partition coefficient (Wildman–Crippen LogP) is 5.16. The fourth-order valence-corrected chi connectivity index (χ4v) is 2.91. The number of nitrogens with zero attached hydrogens (tertiary/aromatic N) is 1. The summed E-state index contributed by atoms with van der Waals surface area (Å²) in [4.78, 5) is 10.6. The van der Waals surface area contributed by atoms with Crippen LogP contribution >= 0.6 is 0 Å². The van der Waals surface area contributed by atoms with E-state index in [1.54, 1.807) is 12.1 Å². The van der Waals surface area contributed by atoms with Gasteiger partial charge in [0.15, 0.2) is 0 Å². The Hall–Kier alpha value is -2.88. The number of hydrogen-bond acceptors (Lipinski definition) is 5. The van der Waals surface area contributed by atoms with Crippen molar-refractivity contribution < 1.29 is 30.7 Å². The molecule has 0 fully saturated rings. The predicted molar refractivity (Wildman–Crippen MR) is 95.1 cm³/mol. The SMILES string of the molecule is CC.O=[N+]([O-])c1cccc2ccc3cc(OS(=O)(=O)C(F)(F)F)ccc3c12. The first-order chi connectivity index (χ1) is 12.6. The summed E-state index contributed by atoms with van der Waals surface area (Å²) in [6.45, 7) is 4.00. The second-order valence-electron chi connectivity index (χ2n) is 5.06. The molecule has 0 radical (unpaired) electrons. The van der Waals surface area contributed by atoms with Gasteiger partial charge in [-0.1, -0.05) is 38.1 Å². The van der Waals surface area contributed by atoms with Crippen LogP contribution in [0.1, 0.15) is 13.8 Å². The van der Waals surface area contributed by atoms with Crippen LogP contribution < -0.4 is 4.18 Å². The summed E-state index contributed by atoms with van der Waals surface area (Å²) >= 11 is 0. The Kier molecular flexibility index (Phi) is 5.59. The maximum absolute atomic E-state index is 12.4. The van der Waals surface area contributed by atoms with E-state index in [1.165, 1.54) is 24.3 Å². The minimum Gasteiger partial charge on any atom is -0.376 e. The normalized spacial score (nSPS) is 11.7. The Bertz CT molecular complexity index is 1110. The van der Waals surface area contributed by atoms with Crippen molar-refractivity contribution in [2.75, 3.05) is 0 Å². The van der Waals surface area contributed by atoms with Gasteiger partial charge >= 0.3 is 15.6 Å².